The van der Waals surface area contributed by atoms with Crippen LogP contribution >= 0.6 is 24.0 Å². The number of methoxy groups -OCH3 is 3. The largest absolute Gasteiger partial charge is 0.497 e. The Morgan fingerprint density at radius 1 is 1.07 bits per heavy atom. The Morgan fingerprint density at radius 3 is 2.57 bits per heavy atom. The van der Waals surface area contributed by atoms with E-state index in [1.54, 1.807) is 28.4 Å². The number of guanidine groups is 1. The average molecular weight is 526 g/mol. The number of nitrogens with zero attached hydrogens (tertiary/aromatic N) is 2. The van der Waals surface area contributed by atoms with Gasteiger partial charge in [0.2, 0.25) is 0 Å². The van der Waals surface area contributed by atoms with E-state index >= 15 is 0 Å². The van der Waals surface area contributed by atoms with E-state index in [0.29, 0.717) is 17.4 Å². The summed E-state index contributed by atoms with van der Waals surface area (Å²) < 4.78 is 16.0. The third-order valence-electron chi connectivity index (χ3n) is 5.13. The van der Waals surface area contributed by atoms with Crippen molar-refractivity contribution >= 4 is 41.3 Å². The van der Waals surface area contributed by atoms with E-state index < -0.39 is 0 Å². The van der Waals surface area contributed by atoms with Gasteiger partial charge in [0.05, 0.1) is 21.3 Å². The summed E-state index contributed by atoms with van der Waals surface area (Å²) in [5.74, 6) is 3.55. The highest BCUT2D eigenvalue weighted by Crippen LogP contribution is 2.30. The van der Waals surface area contributed by atoms with Gasteiger partial charge in [-0.15, -0.1) is 24.0 Å². The SMILES string of the molecule is CN=C(NCC1CCN(c2cccc(OC)c2)C1)Nc1ccc(OC)c(OC)c1.I. The van der Waals surface area contributed by atoms with Crippen molar-refractivity contribution in [1.29, 1.82) is 0 Å². The van der Waals surface area contributed by atoms with Crippen molar-refractivity contribution in [1.82, 2.24) is 5.32 Å². The molecule has 2 aromatic rings. The molecule has 8 heteroatoms. The van der Waals surface area contributed by atoms with E-state index in [1.165, 1.54) is 5.69 Å². The van der Waals surface area contributed by atoms with Gasteiger partial charge in [0.15, 0.2) is 17.5 Å². The normalized spacial score (nSPS) is 15.9. The summed E-state index contributed by atoms with van der Waals surface area (Å²) in [5, 5.41) is 6.75. The minimum Gasteiger partial charge on any atom is -0.497 e. The van der Waals surface area contributed by atoms with Gasteiger partial charge in [-0.2, -0.15) is 0 Å². The molecule has 0 amide bonds. The molecule has 1 fully saturated rings. The van der Waals surface area contributed by atoms with Crippen molar-refractivity contribution in [3.05, 3.63) is 42.5 Å². The highest BCUT2D eigenvalue weighted by atomic mass is 127. The van der Waals surface area contributed by atoms with Gasteiger partial charge in [-0.3, -0.25) is 4.99 Å². The van der Waals surface area contributed by atoms with Crippen LogP contribution in [0.15, 0.2) is 47.5 Å². The molecule has 30 heavy (non-hydrogen) atoms. The quantitative estimate of drug-likeness (QED) is 0.325. The smallest absolute Gasteiger partial charge is 0.195 e. The van der Waals surface area contributed by atoms with Crippen LogP contribution in [0.3, 0.4) is 0 Å². The highest BCUT2D eigenvalue weighted by molar-refractivity contribution is 14.0. The number of aliphatic imine (C=N–C) groups is 1. The van der Waals surface area contributed by atoms with E-state index in [9.17, 15) is 0 Å². The summed E-state index contributed by atoms with van der Waals surface area (Å²) in [7, 11) is 6.73. The minimum absolute atomic E-state index is 0. The van der Waals surface area contributed by atoms with Crippen LogP contribution in [0.4, 0.5) is 11.4 Å². The molecule has 0 radical (unpaired) electrons. The minimum atomic E-state index is 0. The molecule has 1 saturated heterocycles. The third kappa shape index (κ3) is 6.07. The number of ether oxygens (including phenoxy) is 3. The molecule has 7 nitrogen and oxygen atoms in total. The maximum Gasteiger partial charge on any atom is 0.195 e. The molecule has 1 atom stereocenters. The van der Waals surface area contributed by atoms with Crippen LogP contribution < -0.4 is 29.7 Å². The third-order valence-corrected chi connectivity index (χ3v) is 5.13. The fraction of sp³-hybridized carbons (Fsp3) is 0.409. The van der Waals surface area contributed by atoms with Crippen molar-refractivity contribution in [2.75, 3.05) is 58.2 Å². The Balaban J connectivity index is 0.00000320. The van der Waals surface area contributed by atoms with E-state index in [2.05, 4.69) is 32.7 Å². The van der Waals surface area contributed by atoms with Crippen LogP contribution in [0.1, 0.15) is 6.42 Å². The zero-order valence-electron chi connectivity index (χ0n) is 18.0. The molecule has 1 unspecified atom stereocenters. The molecule has 0 aromatic heterocycles. The zero-order valence-corrected chi connectivity index (χ0v) is 20.3. The second kappa shape index (κ2) is 11.7. The lowest BCUT2D eigenvalue weighted by atomic mass is 10.1. The van der Waals surface area contributed by atoms with Crippen molar-refractivity contribution in [2.24, 2.45) is 10.9 Å². The van der Waals surface area contributed by atoms with Crippen LogP contribution in [-0.2, 0) is 0 Å². The molecule has 1 aliphatic heterocycles. The monoisotopic (exact) mass is 526 g/mol. The summed E-state index contributed by atoms with van der Waals surface area (Å²) in [5.41, 5.74) is 2.10. The Kier molecular flexibility index (Phi) is 9.35. The van der Waals surface area contributed by atoms with Gasteiger partial charge >= 0.3 is 0 Å². The second-order valence-corrected chi connectivity index (χ2v) is 6.95. The lowest BCUT2D eigenvalue weighted by Crippen LogP contribution is -2.35. The molecular formula is C22H31IN4O3. The average Bonchev–Trinajstić information content (AvgIpc) is 3.25. The highest BCUT2D eigenvalue weighted by Gasteiger charge is 2.23. The van der Waals surface area contributed by atoms with E-state index in [4.69, 9.17) is 14.2 Å². The molecule has 164 valence electrons. The first-order chi connectivity index (χ1) is 14.2. The lowest BCUT2D eigenvalue weighted by Gasteiger charge is -2.20. The molecule has 1 aliphatic rings. The number of hydrogen-bond donors (Lipinski definition) is 2. The first-order valence-electron chi connectivity index (χ1n) is 9.75. The van der Waals surface area contributed by atoms with Crippen molar-refractivity contribution < 1.29 is 14.2 Å². The van der Waals surface area contributed by atoms with Gasteiger partial charge < -0.3 is 29.7 Å². The Morgan fingerprint density at radius 2 is 1.87 bits per heavy atom. The first kappa shape index (κ1) is 23.9. The van der Waals surface area contributed by atoms with Crippen LogP contribution in [0.25, 0.3) is 0 Å². The lowest BCUT2D eigenvalue weighted by molar-refractivity contribution is 0.355. The zero-order chi connectivity index (χ0) is 20.6. The van der Waals surface area contributed by atoms with Crippen LogP contribution in [0.2, 0.25) is 0 Å². The van der Waals surface area contributed by atoms with E-state index in [0.717, 1.165) is 43.5 Å². The maximum atomic E-state index is 5.36. The fourth-order valence-corrected chi connectivity index (χ4v) is 3.51. The number of hydrogen-bond acceptors (Lipinski definition) is 5. The van der Waals surface area contributed by atoms with Gasteiger partial charge in [-0.25, -0.2) is 0 Å². The number of halogens is 1. The van der Waals surface area contributed by atoms with E-state index in [-0.39, 0.29) is 24.0 Å². The van der Waals surface area contributed by atoms with Gasteiger partial charge in [-0.1, -0.05) is 6.07 Å². The van der Waals surface area contributed by atoms with Crippen molar-refractivity contribution in [3.8, 4) is 17.2 Å². The summed E-state index contributed by atoms with van der Waals surface area (Å²) in [6.07, 6.45) is 1.14. The number of rotatable bonds is 7. The number of nitrogens with one attached hydrogen (secondary N) is 2. The van der Waals surface area contributed by atoms with Gasteiger partial charge in [-0.05, 0) is 36.6 Å². The van der Waals surface area contributed by atoms with Crippen molar-refractivity contribution in [2.45, 2.75) is 6.42 Å². The van der Waals surface area contributed by atoms with E-state index in [1.807, 2.05) is 30.3 Å². The predicted octanol–water partition coefficient (Wildman–Crippen LogP) is 3.84. The van der Waals surface area contributed by atoms with Gasteiger partial charge in [0.1, 0.15) is 5.75 Å². The number of anilines is 2. The second-order valence-electron chi connectivity index (χ2n) is 6.95. The molecular weight excluding hydrogens is 495 g/mol. The van der Waals surface area contributed by atoms with Crippen LogP contribution in [0, 0.1) is 5.92 Å². The van der Waals surface area contributed by atoms with Gasteiger partial charge in [0, 0.05) is 50.2 Å². The van der Waals surface area contributed by atoms with Crippen LogP contribution in [-0.4, -0.2) is 54.0 Å². The molecule has 2 N–H and O–H groups in total. The predicted molar refractivity (Wildman–Crippen MR) is 133 cm³/mol. The molecule has 0 bridgehead atoms. The van der Waals surface area contributed by atoms with Crippen LogP contribution in [0.5, 0.6) is 17.2 Å². The first-order valence-corrected chi connectivity index (χ1v) is 9.75. The summed E-state index contributed by atoms with van der Waals surface area (Å²) in [4.78, 5) is 6.74. The Bertz CT molecular complexity index is 847. The summed E-state index contributed by atoms with van der Waals surface area (Å²) in [6.45, 7) is 2.90. The number of benzene rings is 2. The molecule has 0 saturated carbocycles. The van der Waals surface area contributed by atoms with Gasteiger partial charge in [0.25, 0.3) is 0 Å². The maximum absolute atomic E-state index is 5.36. The summed E-state index contributed by atoms with van der Waals surface area (Å²) in [6, 6.07) is 13.9. The molecule has 2 aromatic carbocycles. The Hall–Kier alpha value is -2.36. The standard InChI is InChI=1S/C22H30N4O3.HI/c1-23-22(25-17-8-9-20(28-3)21(12-17)29-4)24-14-16-10-11-26(15-16)18-6-5-7-19(13-18)27-2;/h5-9,12-13,16H,10-11,14-15H2,1-4H3,(H2,23,24,25);1H. The molecule has 1 heterocycles. The summed E-state index contributed by atoms with van der Waals surface area (Å²) >= 11 is 0. The molecule has 0 spiro atoms. The molecule has 3 rings (SSSR count). The Labute approximate surface area is 195 Å². The fourth-order valence-electron chi connectivity index (χ4n) is 3.51. The topological polar surface area (TPSA) is 67.4 Å². The van der Waals surface area contributed by atoms with Crippen molar-refractivity contribution in [3.63, 3.8) is 0 Å². The molecule has 0 aliphatic carbocycles.